The van der Waals surface area contributed by atoms with Gasteiger partial charge in [0.15, 0.2) is 0 Å². The van der Waals surface area contributed by atoms with Crippen molar-refractivity contribution >= 4 is 0 Å². The molecule has 1 aliphatic rings. The van der Waals surface area contributed by atoms with E-state index in [4.69, 9.17) is 0 Å². The lowest BCUT2D eigenvalue weighted by Gasteiger charge is -2.37. The molecular formula is C19H24FN3. The SMILES string of the molecule is CN(Cc1cccnc1)C1CCCN(Cc2ccccc2F)C1. The van der Waals surface area contributed by atoms with Crippen LogP contribution < -0.4 is 0 Å². The lowest BCUT2D eigenvalue weighted by atomic mass is 10.0. The lowest BCUT2D eigenvalue weighted by molar-refractivity contribution is 0.106. The highest BCUT2D eigenvalue weighted by Gasteiger charge is 2.23. The van der Waals surface area contributed by atoms with E-state index in [9.17, 15) is 4.39 Å². The largest absolute Gasteiger partial charge is 0.298 e. The molecule has 1 atom stereocenters. The number of nitrogens with zero attached hydrogens (tertiary/aromatic N) is 3. The molecule has 0 aliphatic carbocycles. The van der Waals surface area contributed by atoms with E-state index >= 15 is 0 Å². The van der Waals surface area contributed by atoms with Gasteiger partial charge in [0.2, 0.25) is 0 Å². The van der Waals surface area contributed by atoms with E-state index < -0.39 is 0 Å². The Morgan fingerprint density at radius 2 is 2.13 bits per heavy atom. The second-order valence-electron chi connectivity index (χ2n) is 6.40. The standard InChI is InChI=1S/C19H24FN3/c1-22(13-16-6-4-10-21-12-16)18-8-5-11-23(15-18)14-17-7-2-3-9-19(17)20/h2-4,6-7,9-10,12,18H,5,8,11,13-15H2,1H3. The number of piperidine rings is 1. The molecule has 1 unspecified atom stereocenters. The van der Waals surface area contributed by atoms with Gasteiger partial charge < -0.3 is 0 Å². The Morgan fingerprint density at radius 3 is 2.91 bits per heavy atom. The molecule has 1 aromatic carbocycles. The summed E-state index contributed by atoms with van der Waals surface area (Å²) in [7, 11) is 2.17. The zero-order chi connectivity index (χ0) is 16.1. The number of hydrogen-bond donors (Lipinski definition) is 0. The van der Waals surface area contributed by atoms with Crippen molar-refractivity contribution < 1.29 is 4.39 Å². The molecule has 4 heteroatoms. The number of benzene rings is 1. The summed E-state index contributed by atoms with van der Waals surface area (Å²) in [5, 5.41) is 0. The Balaban J connectivity index is 1.58. The van der Waals surface area contributed by atoms with Gasteiger partial charge in [-0.1, -0.05) is 24.3 Å². The van der Waals surface area contributed by atoms with Crippen LogP contribution in [0.5, 0.6) is 0 Å². The zero-order valence-electron chi connectivity index (χ0n) is 13.7. The molecule has 1 aromatic heterocycles. The molecule has 1 aliphatic heterocycles. The van der Waals surface area contributed by atoms with Gasteiger partial charge in [-0.3, -0.25) is 14.8 Å². The van der Waals surface area contributed by atoms with Crippen LogP contribution in [-0.2, 0) is 13.1 Å². The summed E-state index contributed by atoms with van der Waals surface area (Å²) in [6.45, 7) is 3.65. The molecule has 3 nitrogen and oxygen atoms in total. The van der Waals surface area contributed by atoms with Gasteiger partial charge in [0, 0.05) is 43.6 Å². The maximum Gasteiger partial charge on any atom is 0.127 e. The number of likely N-dealkylation sites (tertiary alicyclic amines) is 1. The van der Waals surface area contributed by atoms with Crippen molar-refractivity contribution in [3.05, 3.63) is 65.7 Å². The molecule has 0 N–H and O–H groups in total. The number of rotatable bonds is 5. The van der Waals surface area contributed by atoms with Gasteiger partial charge in [0.25, 0.3) is 0 Å². The second kappa shape index (κ2) is 7.66. The lowest BCUT2D eigenvalue weighted by Crippen LogP contribution is -2.45. The summed E-state index contributed by atoms with van der Waals surface area (Å²) in [6.07, 6.45) is 6.09. The van der Waals surface area contributed by atoms with Gasteiger partial charge in [-0.2, -0.15) is 0 Å². The van der Waals surface area contributed by atoms with Gasteiger partial charge in [0.05, 0.1) is 0 Å². The van der Waals surface area contributed by atoms with Gasteiger partial charge in [-0.25, -0.2) is 4.39 Å². The Labute approximate surface area is 137 Å². The summed E-state index contributed by atoms with van der Waals surface area (Å²) in [5.41, 5.74) is 2.03. The molecule has 2 heterocycles. The van der Waals surface area contributed by atoms with E-state index in [1.165, 1.54) is 12.0 Å². The third-order valence-electron chi connectivity index (χ3n) is 4.61. The zero-order valence-corrected chi connectivity index (χ0v) is 13.7. The summed E-state index contributed by atoms with van der Waals surface area (Å²) >= 11 is 0. The summed E-state index contributed by atoms with van der Waals surface area (Å²) < 4.78 is 13.8. The predicted octanol–water partition coefficient (Wildman–Crippen LogP) is 3.32. The molecule has 0 amide bonds. The average Bonchev–Trinajstić information content (AvgIpc) is 2.58. The molecule has 1 saturated heterocycles. The molecule has 0 bridgehead atoms. The van der Waals surface area contributed by atoms with E-state index in [0.717, 1.165) is 31.6 Å². The third-order valence-corrected chi connectivity index (χ3v) is 4.61. The molecule has 0 spiro atoms. The first-order valence-corrected chi connectivity index (χ1v) is 8.27. The highest BCUT2D eigenvalue weighted by Crippen LogP contribution is 2.19. The Morgan fingerprint density at radius 1 is 1.26 bits per heavy atom. The minimum atomic E-state index is -0.0988. The first-order valence-electron chi connectivity index (χ1n) is 8.27. The normalized spacial score (nSPS) is 19.2. The molecule has 122 valence electrons. The van der Waals surface area contributed by atoms with Crippen LogP contribution in [0.2, 0.25) is 0 Å². The Hall–Kier alpha value is -1.78. The van der Waals surface area contributed by atoms with Gasteiger partial charge in [0.1, 0.15) is 5.82 Å². The van der Waals surface area contributed by atoms with Crippen LogP contribution >= 0.6 is 0 Å². The number of pyridine rings is 1. The first-order chi connectivity index (χ1) is 11.2. The van der Waals surface area contributed by atoms with Crippen molar-refractivity contribution in [1.82, 2.24) is 14.8 Å². The fourth-order valence-electron chi connectivity index (χ4n) is 3.31. The van der Waals surface area contributed by atoms with Gasteiger partial charge >= 0.3 is 0 Å². The number of aromatic nitrogens is 1. The van der Waals surface area contributed by atoms with Crippen molar-refractivity contribution in [2.75, 3.05) is 20.1 Å². The highest BCUT2D eigenvalue weighted by atomic mass is 19.1. The van der Waals surface area contributed by atoms with Crippen molar-refractivity contribution in [3.8, 4) is 0 Å². The number of likely N-dealkylation sites (N-methyl/N-ethyl adjacent to an activating group) is 1. The fourth-order valence-corrected chi connectivity index (χ4v) is 3.31. The van der Waals surface area contributed by atoms with Gasteiger partial charge in [-0.15, -0.1) is 0 Å². The van der Waals surface area contributed by atoms with E-state index in [1.807, 2.05) is 24.4 Å². The monoisotopic (exact) mass is 313 g/mol. The van der Waals surface area contributed by atoms with Gasteiger partial charge in [-0.05, 0) is 44.1 Å². The quantitative estimate of drug-likeness (QED) is 0.844. The van der Waals surface area contributed by atoms with E-state index in [0.29, 0.717) is 12.6 Å². The van der Waals surface area contributed by atoms with Crippen molar-refractivity contribution in [2.24, 2.45) is 0 Å². The van der Waals surface area contributed by atoms with E-state index in [2.05, 4.69) is 27.9 Å². The van der Waals surface area contributed by atoms with Crippen LogP contribution in [0.25, 0.3) is 0 Å². The molecule has 1 fully saturated rings. The minimum absolute atomic E-state index is 0.0988. The minimum Gasteiger partial charge on any atom is -0.298 e. The average molecular weight is 313 g/mol. The first kappa shape index (κ1) is 16.1. The van der Waals surface area contributed by atoms with Crippen molar-refractivity contribution in [2.45, 2.75) is 32.0 Å². The van der Waals surface area contributed by atoms with Crippen LogP contribution in [0.4, 0.5) is 4.39 Å². The van der Waals surface area contributed by atoms with Crippen LogP contribution in [0, 0.1) is 5.82 Å². The van der Waals surface area contributed by atoms with Crippen molar-refractivity contribution in [3.63, 3.8) is 0 Å². The van der Waals surface area contributed by atoms with E-state index in [-0.39, 0.29) is 5.82 Å². The maximum absolute atomic E-state index is 13.8. The highest BCUT2D eigenvalue weighted by molar-refractivity contribution is 5.17. The summed E-state index contributed by atoms with van der Waals surface area (Å²) in [4.78, 5) is 8.95. The smallest absolute Gasteiger partial charge is 0.127 e. The van der Waals surface area contributed by atoms with Crippen LogP contribution in [0.1, 0.15) is 24.0 Å². The van der Waals surface area contributed by atoms with Crippen LogP contribution in [-0.4, -0.2) is 41.0 Å². The summed E-state index contributed by atoms with van der Waals surface area (Å²) in [6, 6.07) is 11.7. The topological polar surface area (TPSA) is 19.4 Å². The number of halogens is 1. The molecule has 0 saturated carbocycles. The van der Waals surface area contributed by atoms with E-state index in [1.54, 1.807) is 18.3 Å². The molecular weight excluding hydrogens is 289 g/mol. The molecule has 0 radical (unpaired) electrons. The van der Waals surface area contributed by atoms with Crippen molar-refractivity contribution in [1.29, 1.82) is 0 Å². The van der Waals surface area contributed by atoms with Crippen LogP contribution in [0.15, 0.2) is 48.8 Å². The number of hydrogen-bond acceptors (Lipinski definition) is 3. The fraction of sp³-hybridized carbons (Fsp3) is 0.421. The second-order valence-corrected chi connectivity index (χ2v) is 6.40. The van der Waals surface area contributed by atoms with Crippen LogP contribution in [0.3, 0.4) is 0 Å². The Bertz CT molecular complexity index is 617. The maximum atomic E-state index is 13.8. The molecule has 2 aromatic rings. The summed E-state index contributed by atoms with van der Waals surface area (Å²) in [5.74, 6) is -0.0988. The Kier molecular flexibility index (Phi) is 5.36. The predicted molar refractivity (Wildman–Crippen MR) is 90.4 cm³/mol. The molecule has 23 heavy (non-hydrogen) atoms. The molecule has 3 rings (SSSR count). The third kappa shape index (κ3) is 4.36.